The molecule has 2 aliphatic heterocycles. The number of amides is 4. The SMILES string of the molecule is O=C(CN1C(=O)CCC1=O)Nc1ccc(N2CCCCC2=O)cc1. The molecule has 0 saturated carbocycles. The number of benzene rings is 1. The molecule has 0 atom stereocenters. The van der Waals surface area contributed by atoms with Gasteiger partial charge in [0.25, 0.3) is 0 Å². The topological polar surface area (TPSA) is 86.8 Å². The van der Waals surface area contributed by atoms with E-state index in [1.54, 1.807) is 29.2 Å². The van der Waals surface area contributed by atoms with Crippen LogP contribution in [-0.2, 0) is 19.2 Å². The van der Waals surface area contributed by atoms with Crippen molar-refractivity contribution >= 4 is 35.0 Å². The first-order valence-electron chi connectivity index (χ1n) is 8.08. The fourth-order valence-corrected chi connectivity index (χ4v) is 2.95. The zero-order valence-electron chi connectivity index (χ0n) is 13.3. The molecule has 1 aromatic carbocycles. The first-order chi connectivity index (χ1) is 11.5. The van der Waals surface area contributed by atoms with Gasteiger partial charge >= 0.3 is 0 Å². The highest BCUT2D eigenvalue weighted by atomic mass is 16.2. The van der Waals surface area contributed by atoms with Gasteiger partial charge in [-0.3, -0.25) is 24.1 Å². The molecule has 7 heteroatoms. The van der Waals surface area contributed by atoms with Gasteiger partial charge < -0.3 is 10.2 Å². The maximum Gasteiger partial charge on any atom is 0.244 e. The molecule has 126 valence electrons. The lowest BCUT2D eigenvalue weighted by atomic mass is 10.1. The number of piperidine rings is 1. The lowest BCUT2D eigenvalue weighted by molar-refractivity contribution is -0.141. The van der Waals surface area contributed by atoms with Crippen LogP contribution in [-0.4, -0.2) is 41.6 Å². The van der Waals surface area contributed by atoms with E-state index in [9.17, 15) is 19.2 Å². The third-order valence-electron chi connectivity index (χ3n) is 4.24. The Kier molecular flexibility index (Phi) is 4.59. The van der Waals surface area contributed by atoms with Crippen LogP contribution in [0.25, 0.3) is 0 Å². The van der Waals surface area contributed by atoms with Crippen LogP contribution < -0.4 is 10.2 Å². The highest BCUT2D eigenvalue weighted by molar-refractivity contribution is 6.06. The number of carbonyl (C=O) groups excluding carboxylic acids is 4. The molecule has 1 N–H and O–H groups in total. The van der Waals surface area contributed by atoms with Gasteiger partial charge in [0.1, 0.15) is 6.54 Å². The van der Waals surface area contributed by atoms with Gasteiger partial charge in [0.05, 0.1) is 0 Å². The number of hydrogen-bond acceptors (Lipinski definition) is 4. The molecular formula is C17H19N3O4. The Balaban J connectivity index is 1.59. The van der Waals surface area contributed by atoms with Gasteiger partial charge in [0.15, 0.2) is 0 Å². The van der Waals surface area contributed by atoms with Crippen LogP contribution >= 0.6 is 0 Å². The van der Waals surface area contributed by atoms with E-state index in [2.05, 4.69) is 5.32 Å². The number of nitrogens with one attached hydrogen (secondary N) is 1. The largest absolute Gasteiger partial charge is 0.325 e. The van der Waals surface area contributed by atoms with Gasteiger partial charge in [0, 0.05) is 37.2 Å². The maximum absolute atomic E-state index is 12.0. The molecule has 0 aliphatic carbocycles. The molecule has 3 rings (SSSR count). The first kappa shape index (κ1) is 16.2. The van der Waals surface area contributed by atoms with E-state index in [1.165, 1.54) is 0 Å². The van der Waals surface area contributed by atoms with Crippen molar-refractivity contribution in [2.75, 3.05) is 23.3 Å². The number of nitrogens with zero attached hydrogens (tertiary/aromatic N) is 2. The van der Waals surface area contributed by atoms with E-state index in [-0.39, 0.29) is 37.1 Å². The van der Waals surface area contributed by atoms with E-state index in [0.29, 0.717) is 18.7 Å². The van der Waals surface area contributed by atoms with Gasteiger partial charge in [-0.15, -0.1) is 0 Å². The molecule has 0 spiro atoms. The summed E-state index contributed by atoms with van der Waals surface area (Å²) >= 11 is 0. The van der Waals surface area contributed by atoms with Crippen LogP contribution in [0.3, 0.4) is 0 Å². The summed E-state index contributed by atoms with van der Waals surface area (Å²) in [6.07, 6.45) is 2.82. The van der Waals surface area contributed by atoms with Crippen molar-refractivity contribution in [2.24, 2.45) is 0 Å². The van der Waals surface area contributed by atoms with E-state index in [4.69, 9.17) is 0 Å². The predicted molar refractivity (Wildman–Crippen MR) is 87.2 cm³/mol. The second-order valence-electron chi connectivity index (χ2n) is 5.97. The molecule has 24 heavy (non-hydrogen) atoms. The Hall–Kier alpha value is -2.70. The van der Waals surface area contributed by atoms with E-state index in [0.717, 1.165) is 23.4 Å². The minimum absolute atomic E-state index is 0.115. The second-order valence-corrected chi connectivity index (χ2v) is 5.97. The monoisotopic (exact) mass is 329 g/mol. The number of anilines is 2. The van der Waals surface area contributed by atoms with Crippen molar-refractivity contribution in [3.63, 3.8) is 0 Å². The smallest absolute Gasteiger partial charge is 0.244 e. The molecule has 0 unspecified atom stereocenters. The number of imide groups is 1. The molecule has 0 radical (unpaired) electrons. The Bertz CT molecular complexity index is 668. The van der Waals surface area contributed by atoms with Gasteiger partial charge in [0.2, 0.25) is 23.6 Å². The summed E-state index contributed by atoms with van der Waals surface area (Å²) in [6.45, 7) is 0.452. The number of carbonyl (C=O) groups is 4. The fraction of sp³-hybridized carbons (Fsp3) is 0.412. The average molecular weight is 329 g/mol. The Morgan fingerprint density at radius 2 is 1.58 bits per heavy atom. The van der Waals surface area contributed by atoms with Crippen LogP contribution in [0.2, 0.25) is 0 Å². The van der Waals surface area contributed by atoms with Gasteiger partial charge in [-0.1, -0.05) is 0 Å². The molecular weight excluding hydrogens is 310 g/mol. The molecule has 2 saturated heterocycles. The molecule has 2 fully saturated rings. The van der Waals surface area contributed by atoms with Crippen molar-refractivity contribution in [3.8, 4) is 0 Å². The average Bonchev–Trinajstić information content (AvgIpc) is 2.88. The van der Waals surface area contributed by atoms with Crippen molar-refractivity contribution in [1.82, 2.24) is 4.90 Å². The normalized spacial score (nSPS) is 18.2. The van der Waals surface area contributed by atoms with Crippen molar-refractivity contribution in [3.05, 3.63) is 24.3 Å². The van der Waals surface area contributed by atoms with E-state index >= 15 is 0 Å². The fourth-order valence-electron chi connectivity index (χ4n) is 2.95. The van der Waals surface area contributed by atoms with Crippen LogP contribution in [0.1, 0.15) is 32.1 Å². The van der Waals surface area contributed by atoms with Crippen LogP contribution in [0.15, 0.2) is 24.3 Å². The van der Waals surface area contributed by atoms with Crippen LogP contribution in [0.5, 0.6) is 0 Å². The lowest BCUT2D eigenvalue weighted by Gasteiger charge is -2.26. The van der Waals surface area contributed by atoms with Crippen LogP contribution in [0.4, 0.5) is 11.4 Å². The van der Waals surface area contributed by atoms with E-state index < -0.39 is 5.91 Å². The first-order valence-corrected chi connectivity index (χ1v) is 8.08. The van der Waals surface area contributed by atoms with E-state index in [1.807, 2.05) is 0 Å². The standard InChI is InChI=1S/C17H19N3O4/c21-14(11-20-16(23)8-9-17(20)24)18-12-4-6-13(7-5-12)19-10-2-1-3-15(19)22/h4-7H,1-3,8-11H2,(H,18,21). The molecule has 0 bridgehead atoms. The van der Waals surface area contributed by atoms with Gasteiger partial charge in [-0.25, -0.2) is 0 Å². The minimum atomic E-state index is -0.416. The second kappa shape index (κ2) is 6.82. The van der Waals surface area contributed by atoms with Gasteiger partial charge in [-0.05, 0) is 37.1 Å². The number of hydrogen-bond donors (Lipinski definition) is 1. The molecule has 2 aliphatic rings. The number of rotatable bonds is 4. The third-order valence-corrected chi connectivity index (χ3v) is 4.24. The summed E-state index contributed by atoms with van der Waals surface area (Å²) in [5, 5.41) is 2.66. The predicted octanol–water partition coefficient (Wildman–Crippen LogP) is 1.29. The quantitative estimate of drug-likeness (QED) is 0.843. The molecule has 7 nitrogen and oxygen atoms in total. The molecule has 2 heterocycles. The summed E-state index contributed by atoms with van der Waals surface area (Å²) in [6, 6.07) is 6.99. The Morgan fingerprint density at radius 3 is 2.21 bits per heavy atom. The zero-order chi connectivity index (χ0) is 17.1. The zero-order valence-corrected chi connectivity index (χ0v) is 13.3. The van der Waals surface area contributed by atoms with Gasteiger partial charge in [-0.2, -0.15) is 0 Å². The summed E-state index contributed by atoms with van der Waals surface area (Å²) < 4.78 is 0. The maximum atomic E-state index is 12.0. The Morgan fingerprint density at radius 1 is 0.917 bits per heavy atom. The molecule has 0 aromatic heterocycles. The minimum Gasteiger partial charge on any atom is -0.325 e. The lowest BCUT2D eigenvalue weighted by Crippen LogP contribution is -2.37. The highest BCUT2D eigenvalue weighted by Gasteiger charge is 2.30. The summed E-state index contributed by atoms with van der Waals surface area (Å²) in [5.74, 6) is -0.923. The van der Waals surface area contributed by atoms with Crippen LogP contribution in [0, 0.1) is 0 Å². The Labute approximate surface area is 139 Å². The summed E-state index contributed by atoms with van der Waals surface area (Å²) in [7, 11) is 0. The third kappa shape index (κ3) is 3.45. The number of likely N-dealkylation sites (tertiary alicyclic amines) is 1. The highest BCUT2D eigenvalue weighted by Crippen LogP contribution is 2.22. The van der Waals surface area contributed by atoms with Crippen molar-refractivity contribution in [1.29, 1.82) is 0 Å². The summed E-state index contributed by atoms with van der Waals surface area (Å²) in [5.41, 5.74) is 1.37. The molecule has 1 aromatic rings. The molecule has 4 amide bonds. The summed E-state index contributed by atoms with van der Waals surface area (Å²) in [4.78, 5) is 49.6. The van der Waals surface area contributed by atoms with Crippen molar-refractivity contribution < 1.29 is 19.2 Å². The van der Waals surface area contributed by atoms with Crippen molar-refractivity contribution in [2.45, 2.75) is 32.1 Å².